The van der Waals surface area contributed by atoms with Gasteiger partial charge in [-0.3, -0.25) is 5.41 Å². The summed E-state index contributed by atoms with van der Waals surface area (Å²) < 4.78 is 19.7. The molecule has 2 aromatic heterocycles. The Bertz CT molecular complexity index is 1530. The molecule has 0 unspecified atom stereocenters. The summed E-state index contributed by atoms with van der Waals surface area (Å²) in [6, 6.07) is 12.2. The highest BCUT2D eigenvalue weighted by Crippen LogP contribution is 2.33. The zero-order valence-electron chi connectivity index (χ0n) is 22.4. The highest BCUT2D eigenvalue weighted by Gasteiger charge is 2.27. The molecule has 0 atom stereocenters. The van der Waals surface area contributed by atoms with Gasteiger partial charge in [0.1, 0.15) is 23.7 Å². The number of rotatable bonds is 10. The number of benzene rings is 2. The number of carbonyl (C=O) groups is 1. The molecule has 4 aromatic rings. The van der Waals surface area contributed by atoms with E-state index in [1.54, 1.807) is 25.6 Å². The van der Waals surface area contributed by atoms with E-state index in [2.05, 4.69) is 9.97 Å². The fourth-order valence-corrected chi connectivity index (χ4v) is 4.74. The van der Waals surface area contributed by atoms with Crippen molar-refractivity contribution < 1.29 is 24.1 Å². The van der Waals surface area contributed by atoms with Gasteiger partial charge in [0.15, 0.2) is 22.6 Å². The van der Waals surface area contributed by atoms with Gasteiger partial charge in [-0.25, -0.2) is 14.8 Å². The summed E-state index contributed by atoms with van der Waals surface area (Å²) in [5, 5.41) is 17.4. The van der Waals surface area contributed by atoms with Crippen LogP contribution in [-0.2, 0) is 12.0 Å². The van der Waals surface area contributed by atoms with Gasteiger partial charge in [-0.15, -0.1) is 0 Å². The van der Waals surface area contributed by atoms with Gasteiger partial charge in [-0.1, -0.05) is 6.07 Å². The van der Waals surface area contributed by atoms with Crippen LogP contribution in [0.5, 0.6) is 17.2 Å². The second-order valence-corrected chi connectivity index (χ2v) is 10.5. The molecule has 2 heterocycles. The number of nitrogens with zero attached hydrogens (tertiary/aromatic N) is 3. The van der Waals surface area contributed by atoms with Crippen molar-refractivity contribution in [2.45, 2.75) is 57.6 Å². The Kier molecular flexibility index (Phi) is 7.28. The van der Waals surface area contributed by atoms with Crippen molar-refractivity contribution in [2.75, 3.05) is 13.7 Å². The van der Waals surface area contributed by atoms with E-state index in [4.69, 9.17) is 29.7 Å². The van der Waals surface area contributed by atoms with Crippen LogP contribution in [0, 0.1) is 5.41 Å². The molecule has 0 spiro atoms. The first-order chi connectivity index (χ1) is 18.7. The first-order valence-electron chi connectivity index (χ1n) is 13.0. The van der Waals surface area contributed by atoms with E-state index in [-0.39, 0.29) is 17.2 Å². The number of carboxylic acids is 1. The Hall–Kier alpha value is -4.34. The highest BCUT2D eigenvalue weighted by molar-refractivity contribution is 5.87. The molecule has 10 nitrogen and oxygen atoms in total. The average molecular weight is 532 g/mol. The van der Waals surface area contributed by atoms with Crippen LogP contribution in [0.25, 0.3) is 11.2 Å². The molecule has 204 valence electrons. The van der Waals surface area contributed by atoms with Gasteiger partial charge in [-0.05, 0) is 81.5 Å². The summed E-state index contributed by atoms with van der Waals surface area (Å²) in [6.07, 6.45) is 6.33. The van der Waals surface area contributed by atoms with Crippen LogP contribution in [-0.4, -0.2) is 50.4 Å². The summed E-state index contributed by atoms with van der Waals surface area (Å²) in [6.45, 7) is 4.77. The number of aromatic carboxylic acids is 1. The Labute approximate surface area is 226 Å². The molecule has 0 aliphatic heterocycles. The summed E-state index contributed by atoms with van der Waals surface area (Å²) in [5.41, 5.74) is 1.96. The van der Waals surface area contributed by atoms with Crippen molar-refractivity contribution in [3.8, 4) is 17.2 Å². The SMILES string of the molecule is COc1ccc(Cn2cnc(=N)c3[nH]c(C(C)(C)COc4ccc(C(=O)O)cc4)nc32)cc1OC1CCCC1. The minimum absolute atomic E-state index is 0.112. The minimum Gasteiger partial charge on any atom is -0.493 e. The number of methoxy groups -OCH3 is 1. The third-order valence-electron chi connectivity index (χ3n) is 7.04. The molecule has 10 heteroatoms. The van der Waals surface area contributed by atoms with Crippen molar-refractivity contribution in [2.24, 2.45) is 0 Å². The number of fused-ring (bicyclic) bond motifs is 1. The molecule has 0 amide bonds. The minimum atomic E-state index is -0.982. The molecule has 2 aromatic carbocycles. The third kappa shape index (κ3) is 5.74. The van der Waals surface area contributed by atoms with Gasteiger partial charge in [0, 0.05) is 0 Å². The zero-order chi connectivity index (χ0) is 27.6. The zero-order valence-corrected chi connectivity index (χ0v) is 22.4. The molecule has 1 aliphatic rings. The number of ether oxygens (including phenoxy) is 3. The van der Waals surface area contributed by atoms with Crippen molar-refractivity contribution in [3.05, 3.63) is 71.2 Å². The predicted molar refractivity (Wildman–Crippen MR) is 145 cm³/mol. The van der Waals surface area contributed by atoms with Crippen LogP contribution in [0.2, 0.25) is 0 Å². The number of carboxylic acid groups (broad SMARTS) is 1. The number of hydrogen-bond donors (Lipinski definition) is 3. The molecule has 0 saturated heterocycles. The molecule has 1 saturated carbocycles. The summed E-state index contributed by atoms with van der Waals surface area (Å²) in [4.78, 5) is 23.5. The lowest BCUT2D eigenvalue weighted by Crippen LogP contribution is -2.27. The van der Waals surface area contributed by atoms with Gasteiger partial charge >= 0.3 is 5.97 Å². The maximum absolute atomic E-state index is 11.1. The van der Waals surface area contributed by atoms with Crippen molar-refractivity contribution in [3.63, 3.8) is 0 Å². The maximum atomic E-state index is 11.1. The number of aromatic nitrogens is 4. The molecular weight excluding hydrogens is 498 g/mol. The maximum Gasteiger partial charge on any atom is 0.335 e. The van der Waals surface area contributed by atoms with E-state index in [0.717, 1.165) is 24.2 Å². The number of nitrogens with one attached hydrogen (secondary N) is 2. The Morgan fingerprint density at radius 1 is 1.15 bits per heavy atom. The van der Waals surface area contributed by atoms with E-state index in [9.17, 15) is 4.79 Å². The summed E-state index contributed by atoms with van der Waals surface area (Å²) >= 11 is 0. The van der Waals surface area contributed by atoms with E-state index >= 15 is 0 Å². The first kappa shape index (κ1) is 26.3. The van der Waals surface area contributed by atoms with E-state index in [1.165, 1.54) is 25.0 Å². The number of imidazole rings is 1. The van der Waals surface area contributed by atoms with Gasteiger partial charge in [0.05, 0.1) is 37.1 Å². The molecule has 39 heavy (non-hydrogen) atoms. The fourth-order valence-electron chi connectivity index (χ4n) is 4.74. The second-order valence-electron chi connectivity index (χ2n) is 10.5. The molecule has 5 rings (SSSR count). The third-order valence-corrected chi connectivity index (χ3v) is 7.04. The van der Waals surface area contributed by atoms with Gasteiger partial charge in [0.2, 0.25) is 0 Å². The molecule has 3 N–H and O–H groups in total. The normalized spacial score (nSPS) is 14.0. The Morgan fingerprint density at radius 3 is 2.59 bits per heavy atom. The van der Waals surface area contributed by atoms with Gasteiger partial charge in [0.25, 0.3) is 0 Å². The number of H-pyrrole nitrogens is 1. The van der Waals surface area contributed by atoms with Crippen molar-refractivity contribution >= 4 is 17.1 Å². The number of aromatic amines is 1. The van der Waals surface area contributed by atoms with Crippen molar-refractivity contribution in [1.82, 2.24) is 19.5 Å². The van der Waals surface area contributed by atoms with Crippen LogP contribution in [0.15, 0.2) is 48.8 Å². The predicted octanol–water partition coefficient (Wildman–Crippen LogP) is 4.67. The van der Waals surface area contributed by atoms with E-state index in [0.29, 0.717) is 41.6 Å². The van der Waals surface area contributed by atoms with Gasteiger partial charge in [-0.2, -0.15) is 0 Å². The molecule has 1 aliphatic carbocycles. The quantitative estimate of drug-likeness (QED) is 0.271. The largest absolute Gasteiger partial charge is 0.493 e. The van der Waals surface area contributed by atoms with Crippen LogP contribution < -0.4 is 19.7 Å². The van der Waals surface area contributed by atoms with E-state index < -0.39 is 11.4 Å². The second kappa shape index (κ2) is 10.8. The lowest BCUT2D eigenvalue weighted by molar-refractivity contribution is 0.0696. The fraction of sp³-hybridized carbons (Fsp3) is 0.379. The van der Waals surface area contributed by atoms with Gasteiger partial charge < -0.3 is 28.9 Å². The topological polar surface area (TPSA) is 135 Å². The Morgan fingerprint density at radius 2 is 1.90 bits per heavy atom. The van der Waals surface area contributed by atoms with Crippen LogP contribution in [0.3, 0.4) is 0 Å². The highest BCUT2D eigenvalue weighted by atomic mass is 16.5. The lowest BCUT2D eigenvalue weighted by Gasteiger charge is -2.22. The Balaban J connectivity index is 1.38. The standard InChI is InChI=1S/C29H33N5O5/c1-29(2,16-38-20-11-9-19(10-12-20)27(35)36)28-32-24-25(30)31-17-34(26(24)33-28)15-18-8-13-22(37-3)23(14-18)39-21-6-4-5-7-21/h8-14,17,21,30H,4-7,15-16H2,1-3H3,(H,32,33)(H,35,36). The molecule has 0 bridgehead atoms. The molecule has 0 radical (unpaired) electrons. The molecule has 1 fully saturated rings. The molecular formula is C29H33N5O5. The van der Waals surface area contributed by atoms with Crippen LogP contribution >= 0.6 is 0 Å². The van der Waals surface area contributed by atoms with Crippen molar-refractivity contribution in [1.29, 1.82) is 5.41 Å². The lowest BCUT2D eigenvalue weighted by atomic mass is 9.94. The summed E-state index contributed by atoms with van der Waals surface area (Å²) in [5.74, 6) is 1.69. The smallest absolute Gasteiger partial charge is 0.335 e. The van der Waals surface area contributed by atoms with Crippen LogP contribution in [0.4, 0.5) is 0 Å². The monoisotopic (exact) mass is 531 g/mol. The van der Waals surface area contributed by atoms with E-state index in [1.807, 2.05) is 36.6 Å². The van der Waals surface area contributed by atoms with Crippen LogP contribution in [0.1, 0.15) is 61.3 Å². The first-order valence-corrected chi connectivity index (χ1v) is 13.0. The number of hydrogen-bond acceptors (Lipinski definition) is 7. The summed E-state index contributed by atoms with van der Waals surface area (Å²) in [7, 11) is 1.65. The average Bonchev–Trinajstić information content (AvgIpc) is 3.61.